The van der Waals surface area contributed by atoms with Crippen molar-refractivity contribution in [3.63, 3.8) is 0 Å². The Kier molecular flexibility index (Phi) is 5.49. The minimum absolute atomic E-state index is 0.134. The molecule has 0 fully saturated rings. The summed E-state index contributed by atoms with van der Waals surface area (Å²) in [7, 11) is 1.54. The van der Waals surface area contributed by atoms with E-state index < -0.39 is 11.6 Å². The lowest BCUT2D eigenvalue weighted by molar-refractivity contribution is 0.162. The van der Waals surface area contributed by atoms with Crippen LogP contribution in [0.25, 0.3) is 28.1 Å². The van der Waals surface area contributed by atoms with Crippen molar-refractivity contribution in [2.45, 2.75) is 25.8 Å². The van der Waals surface area contributed by atoms with E-state index in [9.17, 15) is 15.2 Å². The van der Waals surface area contributed by atoms with Gasteiger partial charge in [-0.15, -0.1) is 0 Å². The van der Waals surface area contributed by atoms with E-state index in [0.29, 0.717) is 11.0 Å². The Labute approximate surface area is 181 Å². The fraction of sp³-hybridized carbons (Fsp3) is 0.350. The number of imidazole rings is 1. The van der Waals surface area contributed by atoms with Gasteiger partial charge in [-0.05, 0) is 19.1 Å². The van der Waals surface area contributed by atoms with Crippen LogP contribution in [0.1, 0.15) is 37.3 Å². The van der Waals surface area contributed by atoms with Gasteiger partial charge < -0.3 is 14.4 Å². The van der Waals surface area contributed by atoms with Crippen LogP contribution in [0.15, 0.2) is 27.8 Å². The average molecular weight is 443 g/mol. The van der Waals surface area contributed by atoms with Crippen molar-refractivity contribution in [1.82, 2.24) is 24.1 Å². The molecule has 0 amide bonds. The van der Waals surface area contributed by atoms with Crippen molar-refractivity contribution < 1.29 is 14.4 Å². The molecule has 2 unspecified atom stereocenters. The van der Waals surface area contributed by atoms with Crippen molar-refractivity contribution in [1.29, 1.82) is 5.26 Å². The first-order valence-corrected chi connectivity index (χ1v) is 9.88. The maximum atomic E-state index is 13.7. The zero-order chi connectivity index (χ0) is 22.3. The highest BCUT2D eigenvalue weighted by molar-refractivity contribution is 6.32. The van der Waals surface area contributed by atoms with Gasteiger partial charge in [-0.2, -0.15) is 10.2 Å². The summed E-state index contributed by atoms with van der Waals surface area (Å²) in [6.45, 7) is 3.64. The number of nitriles is 1. The first kappa shape index (κ1) is 21.0. The van der Waals surface area contributed by atoms with E-state index in [1.165, 1.54) is 18.0 Å². The Morgan fingerprint density at radius 1 is 1.35 bits per heavy atom. The smallest absolute Gasteiger partial charge is 0.278 e. The molecule has 1 N–H and O–H groups in total. The highest BCUT2D eigenvalue weighted by atomic mass is 35.5. The minimum Gasteiger partial charge on any atom is -0.396 e. The molecular weight excluding hydrogens is 424 g/mol. The van der Waals surface area contributed by atoms with Crippen molar-refractivity contribution in [3.05, 3.63) is 45.3 Å². The third-order valence-electron chi connectivity index (χ3n) is 5.10. The van der Waals surface area contributed by atoms with Crippen LogP contribution in [0.3, 0.4) is 0 Å². The maximum absolute atomic E-state index is 13.7. The Balaban J connectivity index is 2.10. The van der Waals surface area contributed by atoms with Gasteiger partial charge in [-0.1, -0.05) is 23.7 Å². The van der Waals surface area contributed by atoms with Crippen LogP contribution < -0.4 is 5.56 Å². The second-order valence-corrected chi connectivity index (χ2v) is 7.64. The molecule has 3 aromatic heterocycles. The van der Waals surface area contributed by atoms with Gasteiger partial charge >= 0.3 is 0 Å². The van der Waals surface area contributed by atoms with Gasteiger partial charge in [0, 0.05) is 7.11 Å². The minimum atomic E-state index is -0.398. The lowest BCUT2D eigenvalue weighted by Crippen LogP contribution is -2.28. The number of benzene rings is 1. The summed E-state index contributed by atoms with van der Waals surface area (Å²) in [5.74, 6) is 0.0235. The van der Waals surface area contributed by atoms with E-state index in [0.717, 1.165) is 0 Å². The SMILES string of the molecule is COCC(C)n1c(=O)c2c(-c3noc(C(C)CO)n3)ncn2c2ccc(Cl)c(C#N)c21. The van der Waals surface area contributed by atoms with Gasteiger partial charge in [0.15, 0.2) is 0 Å². The fourth-order valence-electron chi connectivity index (χ4n) is 3.56. The van der Waals surface area contributed by atoms with Crippen molar-refractivity contribution >= 4 is 28.2 Å². The number of aliphatic hydroxyl groups excluding tert-OH is 1. The molecule has 160 valence electrons. The number of rotatable bonds is 6. The molecule has 0 spiro atoms. The topological polar surface area (TPSA) is 131 Å². The molecule has 1 aromatic carbocycles. The zero-order valence-corrected chi connectivity index (χ0v) is 17.8. The van der Waals surface area contributed by atoms with E-state index in [-0.39, 0.29) is 52.6 Å². The van der Waals surface area contributed by atoms with Crippen LogP contribution in [0.2, 0.25) is 5.02 Å². The van der Waals surface area contributed by atoms with Crippen molar-refractivity contribution in [3.8, 4) is 17.6 Å². The fourth-order valence-corrected chi connectivity index (χ4v) is 3.76. The second-order valence-electron chi connectivity index (χ2n) is 7.23. The van der Waals surface area contributed by atoms with Gasteiger partial charge in [0.05, 0.1) is 46.8 Å². The number of nitrogens with zero attached hydrogens (tertiary/aromatic N) is 6. The molecule has 4 rings (SSSR count). The summed E-state index contributed by atoms with van der Waals surface area (Å²) >= 11 is 6.26. The number of hydrogen-bond donors (Lipinski definition) is 1. The Hall–Kier alpha value is -3.26. The molecule has 0 bridgehead atoms. The molecule has 11 heteroatoms. The number of methoxy groups -OCH3 is 1. The summed E-state index contributed by atoms with van der Waals surface area (Å²) in [6, 6.07) is 5.03. The quantitative estimate of drug-likeness (QED) is 0.481. The molecule has 10 nitrogen and oxygen atoms in total. The Morgan fingerprint density at radius 2 is 2.13 bits per heavy atom. The summed E-state index contributed by atoms with van der Waals surface area (Å²) in [5.41, 5.74) is 1.22. The van der Waals surface area contributed by atoms with E-state index in [2.05, 4.69) is 21.2 Å². The third kappa shape index (κ3) is 3.27. The number of ether oxygens (including phenoxy) is 1. The highest BCUT2D eigenvalue weighted by Gasteiger charge is 2.25. The molecular formula is C20H19ClN6O4. The molecule has 0 aliphatic carbocycles. The number of fused-ring (bicyclic) bond motifs is 3. The van der Waals surface area contributed by atoms with Gasteiger partial charge in [0.2, 0.25) is 11.7 Å². The third-order valence-corrected chi connectivity index (χ3v) is 5.42. The van der Waals surface area contributed by atoms with E-state index in [1.54, 1.807) is 23.5 Å². The standard InChI is InChI=1S/C20H19ClN6O4/c1-10(7-28)19-24-18(25-31-19)15-17-20(29)27(11(2)8-30-3)16-12(6-22)13(21)4-5-14(16)26(17)9-23-15/h4-5,9-11,28H,7-8H2,1-3H3. The monoisotopic (exact) mass is 442 g/mol. The molecule has 2 atom stereocenters. The van der Waals surface area contributed by atoms with Crippen LogP contribution in [-0.2, 0) is 4.74 Å². The Morgan fingerprint density at radius 3 is 2.81 bits per heavy atom. The molecule has 0 radical (unpaired) electrons. The lowest BCUT2D eigenvalue weighted by Gasteiger charge is -2.19. The lowest BCUT2D eigenvalue weighted by atomic mass is 10.1. The first-order valence-electron chi connectivity index (χ1n) is 9.50. The summed E-state index contributed by atoms with van der Waals surface area (Å²) in [4.78, 5) is 22.3. The first-order chi connectivity index (χ1) is 14.9. The molecule has 0 aliphatic rings. The molecule has 0 saturated carbocycles. The summed E-state index contributed by atoms with van der Waals surface area (Å²) in [5, 5.41) is 23.2. The molecule has 0 aliphatic heterocycles. The molecule has 3 heterocycles. The summed E-state index contributed by atoms with van der Waals surface area (Å²) < 4.78 is 13.6. The number of aliphatic hydroxyl groups is 1. The van der Waals surface area contributed by atoms with Crippen LogP contribution >= 0.6 is 11.6 Å². The van der Waals surface area contributed by atoms with Gasteiger partial charge in [-0.25, -0.2) is 4.98 Å². The van der Waals surface area contributed by atoms with Crippen molar-refractivity contribution in [2.75, 3.05) is 20.3 Å². The molecule has 31 heavy (non-hydrogen) atoms. The van der Waals surface area contributed by atoms with Gasteiger partial charge in [0.25, 0.3) is 5.56 Å². The number of halogens is 1. The van der Waals surface area contributed by atoms with E-state index in [1.807, 2.05) is 6.92 Å². The molecule has 0 saturated heterocycles. The number of hydrogen-bond acceptors (Lipinski definition) is 8. The van der Waals surface area contributed by atoms with E-state index >= 15 is 0 Å². The molecule has 4 aromatic rings. The highest BCUT2D eigenvalue weighted by Crippen LogP contribution is 2.30. The average Bonchev–Trinajstić information content (AvgIpc) is 3.41. The second kappa shape index (κ2) is 8.11. The predicted octanol–water partition coefficient (Wildman–Crippen LogP) is 2.53. The largest absolute Gasteiger partial charge is 0.396 e. The van der Waals surface area contributed by atoms with Crippen molar-refractivity contribution in [2.24, 2.45) is 0 Å². The summed E-state index contributed by atoms with van der Waals surface area (Å²) in [6.07, 6.45) is 1.47. The zero-order valence-electron chi connectivity index (χ0n) is 17.0. The van der Waals surface area contributed by atoms with Gasteiger partial charge in [0.1, 0.15) is 23.6 Å². The van der Waals surface area contributed by atoms with E-state index in [4.69, 9.17) is 20.9 Å². The van der Waals surface area contributed by atoms with Crippen LogP contribution in [-0.4, -0.2) is 49.5 Å². The van der Waals surface area contributed by atoms with Crippen LogP contribution in [0.4, 0.5) is 0 Å². The van der Waals surface area contributed by atoms with Gasteiger partial charge in [-0.3, -0.25) is 13.8 Å². The Bertz CT molecular complexity index is 1380. The van der Waals surface area contributed by atoms with Crippen LogP contribution in [0.5, 0.6) is 0 Å². The number of aromatic nitrogens is 5. The maximum Gasteiger partial charge on any atom is 0.278 e. The van der Waals surface area contributed by atoms with Crippen LogP contribution in [0, 0.1) is 11.3 Å². The predicted molar refractivity (Wildman–Crippen MR) is 112 cm³/mol. The normalized spacial score (nSPS) is 13.5.